The highest BCUT2D eigenvalue weighted by Gasteiger charge is 2.39. The maximum absolute atomic E-state index is 10.8. The van der Waals surface area contributed by atoms with Crippen LogP contribution in [0.2, 0.25) is 0 Å². The fourth-order valence-corrected chi connectivity index (χ4v) is 1.55. The summed E-state index contributed by atoms with van der Waals surface area (Å²) in [5.41, 5.74) is 0. The third-order valence-corrected chi connectivity index (χ3v) is 2.42. The van der Waals surface area contributed by atoms with Crippen LogP contribution >= 0.6 is 0 Å². The Balaban J connectivity index is 2.63. The predicted octanol–water partition coefficient (Wildman–Crippen LogP) is -0.0822. The number of carbonyl (C=O) groups excluding carboxylic acids is 1. The highest BCUT2D eigenvalue weighted by molar-refractivity contribution is 5.66. The topological polar surface area (TPSA) is 65.0 Å². The lowest BCUT2D eigenvalue weighted by atomic mass is 9.95. The van der Waals surface area contributed by atoms with Crippen molar-refractivity contribution in [2.45, 2.75) is 32.3 Å². The number of esters is 1. The minimum absolute atomic E-state index is 0.0763. The van der Waals surface area contributed by atoms with Crippen molar-refractivity contribution >= 4 is 5.97 Å². The van der Waals surface area contributed by atoms with Gasteiger partial charge in [0.2, 0.25) is 0 Å². The average molecular weight is 204 g/mol. The van der Waals surface area contributed by atoms with E-state index in [1.165, 1.54) is 6.92 Å². The molecule has 0 aromatic rings. The van der Waals surface area contributed by atoms with E-state index in [1.807, 2.05) is 6.92 Å². The van der Waals surface area contributed by atoms with E-state index in [0.717, 1.165) is 0 Å². The molecule has 0 amide bonds. The van der Waals surface area contributed by atoms with Gasteiger partial charge in [-0.3, -0.25) is 4.79 Å². The largest absolute Gasteiger partial charge is 0.457 e. The van der Waals surface area contributed by atoms with Crippen LogP contribution in [0.1, 0.15) is 13.8 Å². The molecule has 0 spiro atoms. The second-order valence-electron chi connectivity index (χ2n) is 3.43. The number of ether oxygens (including phenoxy) is 3. The molecule has 1 rings (SSSR count). The molecule has 14 heavy (non-hydrogen) atoms. The third kappa shape index (κ3) is 2.43. The number of aliphatic hydroxyl groups is 1. The van der Waals surface area contributed by atoms with Gasteiger partial charge >= 0.3 is 5.97 Å². The van der Waals surface area contributed by atoms with Gasteiger partial charge in [-0.15, -0.1) is 0 Å². The Kier molecular flexibility index (Phi) is 3.86. The molecule has 1 aliphatic heterocycles. The Labute approximate surface area is 82.9 Å². The van der Waals surface area contributed by atoms with Crippen LogP contribution < -0.4 is 0 Å². The Morgan fingerprint density at radius 2 is 2.21 bits per heavy atom. The van der Waals surface area contributed by atoms with Gasteiger partial charge in [-0.25, -0.2) is 0 Å². The normalized spacial score (nSPS) is 38.0. The SMILES string of the molecule is CO[C@H]1CO[C@@H](O)[C@H](OC(C)=O)[C@@H]1C. The molecule has 0 bridgehead atoms. The molecule has 1 N–H and O–H groups in total. The molecule has 0 aromatic heterocycles. The quantitative estimate of drug-likeness (QED) is 0.637. The number of carbonyl (C=O) groups is 1. The van der Waals surface area contributed by atoms with Gasteiger partial charge in [0.25, 0.3) is 0 Å². The Morgan fingerprint density at radius 3 is 2.71 bits per heavy atom. The van der Waals surface area contributed by atoms with E-state index in [4.69, 9.17) is 14.2 Å². The highest BCUT2D eigenvalue weighted by atomic mass is 16.7. The Morgan fingerprint density at radius 1 is 1.57 bits per heavy atom. The summed E-state index contributed by atoms with van der Waals surface area (Å²) in [6, 6.07) is 0. The molecule has 0 aliphatic carbocycles. The van der Waals surface area contributed by atoms with E-state index in [9.17, 15) is 9.90 Å². The molecule has 1 aliphatic rings. The molecular formula is C9H16O5. The van der Waals surface area contributed by atoms with Crippen LogP contribution in [0, 0.1) is 5.92 Å². The zero-order valence-electron chi connectivity index (χ0n) is 8.60. The fraction of sp³-hybridized carbons (Fsp3) is 0.889. The molecule has 4 atom stereocenters. The average Bonchev–Trinajstić information content (AvgIpc) is 2.12. The Bertz CT molecular complexity index is 205. The summed E-state index contributed by atoms with van der Waals surface area (Å²) < 4.78 is 15.1. The minimum atomic E-state index is -1.06. The standard InChI is InChI=1S/C9H16O5/c1-5-7(12-3)4-13-9(11)8(5)14-6(2)10/h5,7-9,11H,4H2,1-3H3/t5-,7+,8-,9-/m1/s1. The van der Waals surface area contributed by atoms with Crippen molar-refractivity contribution in [3.05, 3.63) is 0 Å². The summed E-state index contributed by atoms with van der Waals surface area (Å²) in [7, 11) is 1.56. The van der Waals surface area contributed by atoms with E-state index in [1.54, 1.807) is 7.11 Å². The molecule has 82 valence electrons. The molecule has 1 fully saturated rings. The van der Waals surface area contributed by atoms with E-state index in [0.29, 0.717) is 6.61 Å². The van der Waals surface area contributed by atoms with E-state index >= 15 is 0 Å². The maximum atomic E-state index is 10.8. The molecular weight excluding hydrogens is 188 g/mol. The molecule has 5 nitrogen and oxygen atoms in total. The summed E-state index contributed by atoms with van der Waals surface area (Å²) in [5.74, 6) is -0.506. The van der Waals surface area contributed by atoms with Crippen molar-refractivity contribution in [3.8, 4) is 0 Å². The number of rotatable bonds is 2. The van der Waals surface area contributed by atoms with E-state index in [2.05, 4.69) is 0 Å². The van der Waals surface area contributed by atoms with Crippen LogP contribution in [0.25, 0.3) is 0 Å². The summed E-state index contributed by atoms with van der Waals surface area (Å²) in [6.07, 6.45) is -1.85. The van der Waals surface area contributed by atoms with Gasteiger partial charge in [0, 0.05) is 20.0 Å². The summed E-state index contributed by atoms with van der Waals surface area (Å²) in [5, 5.41) is 9.45. The van der Waals surface area contributed by atoms with Crippen molar-refractivity contribution in [3.63, 3.8) is 0 Å². The van der Waals surface area contributed by atoms with Crippen LogP contribution in [-0.4, -0.2) is 43.3 Å². The smallest absolute Gasteiger partial charge is 0.303 e. The van der Waals surface area contributed by atoms with Gasteiger partial charge in [0.15, 0.2) is 12.4 Å². The van der Waals surface area contributed by atoms with Crippen LogP contribution in [0.5, 0.6) is 0 Å². The van der Waals surface area contributed by atoms with Gasteiger partial charge < -0.3 is 19.3 Å². The van der Waals surface area contributed by atoms with Gasteiger partial charge in [-0.2, -0.15) is 0 Å². The molecule has 1 saturated heterocycles. The molecule has 5 heteroatoms. The van der Waals surface area contributed by atoms with Crippen LogP contribution in [0.3, 0.4) is 0 Å². The first kappa shape index (κ1) is 11.4. The van der Waals surface area contributed by atoms with E-state index in [-0.39, 0.29) is 12.0 Å². The number of hydrogen-bond donors (Lipinski definition) is 1. The van der Waals surface area contributed by atoms with Crippen LogP contribution in [0.4, 0.5) is 0 Å². The van der Waals surface area contributed by atoms with E-state index < -0.39 is 18.4 Å². The second-order valence-corrected chi connectivity index (χ2v) is 3.43. The minimum Gasteiger partial charge on any atom is -0.457 e. The zero-order chi connectivity index (χ0) is 10.7. The third-order valence-electron chi connectivity index (χ3n) is 2.42. The lowest BCUT2D eigenvalue weighted by Gasteiger charge is -2.37. The maximum Gasteiger partial charge on any atom is 0.303 e. The first-order valence-electron chi connectivity index (χ1n) is 4.56. The van der Waals surface area contributed by atoms with Crippen molar-refractivity contribution in [1.82, 2.24) is 0 Å². The number of hydrogen-bond acceptors (Lipinski definition) is 5. The fourth-order valence-electron chi connectivity index (χ4n) is 1.55. The van der Waals surface area contributed by atoms with Gasteiger partial charge in [-0.05, 0) is 0 Å². The lowest BCUT2D eigenvalue weighted by Crippen LogP contribution is -2.50. The second kappa shape index (κ2) is 4.72. The molecule has 0 saturated carbocycles. The first-order chi connectivity index (χ1) is 6.56. The predicted molar refractivity (Wildman–Crippen MR) is 47.5 cm³/mol. The summed E-state index contributed by atoms with van der Waals surface area (Å²) in [6.45, 7) is 3.47. The molecule has 0 aromatic carbocycles. The van der Waals surface area contributed by atoms with Crippen LogP contribution in [-0.2, 0) is 19.0 Å². The monoisotopic (exact) mass is 204 g/mol. The molecule has 0 radical (unpaired) electrons. The Hall–Kier alpha value is -0.650. The lowest BCUT2D eigenvalue weighted by molar-refractivity contribution is -0.246. The first-order valence-corrected chi connectivity index (χ1v) is 4.56. The van der Waals surface area contributed by atoms with Gasteiger partial charge in [-0.1, -0.05) is 6.92 Å². The number of aliphatic hydroxyl groups excluding tert-OH is 1. The van der Waals surface area contributed by atoms with Crippen molar-refractivity contribution < 1.29 is 24.1 Å². The molecule has 1 heterocycles. The highest BCUT2D eigenvalue weighted by Crippen LogP contribution is 2.24. The van der Waals surface area contributed by atoms with Crippen molar-refractivity contribution in [2.75, 3.05) is 13.7 Å². The van der Waals surface area contributed by atoms with Crippen molar-refractivity contribution in [1.29, 1.82) is 0 Å². The van der Waals surface area contributed by atoms with Crippen molar-refractivity contribution in [2.24, 2.45) is 5.92 Å². The summed E-state index contributed by atoms with van der Waals surface area (Å²) >= 11 is 0. The van der Waals surface area contributed by atoms with Gasteiger partial charge in [0.05, 0.1) is 12.7 Å². The number of methoxy groups -OCH3 is 1. The zero-order valence-corrected chi connectivity index (χ0v) is 8.60. The van der Waals surface area contributed by atoms with Gasteiger partial charge in [0.1, 0.15) is 0 Å². The summed E-state index contributed by atoms with van der Waals surface area (Å²) in [4.78, 5) is 10.8. The van der Waals surface area contributed by atoms with Crippen LogP contribution in [0.15, 0.2) is 0 Å². The molecule has 0 unspecified atom stereocenters.